The molecule has 2 aromatic heterocycles. The second kappa shape index (κ2) is 10.7. The Morgan fingerprint density at radius 1 is 1.15 bits per heavy atom. The summed E-state index contributed by atoms with van der Waals surface area (Å²) in [5.74, 6) is -4.71. The Bertz CT molecular complexity index is 1270. The summed E-state index contributed by atoms with van der Waals surface area (Å²) >= 11 is 0. The van der Waals surface area contributed by atoms with E-state index in [-0.39, 0.29) is 24.4 Å². The number of carbonyl (C=O) groups is 3. The fraction of sp³-hybridized carbons (Fsp3) is 0.560. The first-order valence-corrected chi connectivity index (χ1v) is 12.7. The van der Waals surface area contributed by atoms with Gasteiger partial charge in [-0.2, -0.15) is 18.3 Å². The molecule has 0 aromatic carbocycles. The third kappa shape index (κ3) is 6.17. The van der Waals surface area contributed by atoms with E-state index in [9.17, 15) is 36.3 Å². The van der Waals surface area contributed by atoms with Crippen molar-refractivity contribution in [3.8, 4) is 0 Å². The third-order valence-electron chi connectivity index (χ3n) is 7.55. The van der Waals surface area contributed by atoms with Crippen LogP contribution in [-0.4, -0.2) is 68.2 Å². The Hall–Kier alpha value is -3.78. The van der Waals surface area contributed by atoms with Crippen molar-refractivity contribution in [3.05, 3.63) is 41.9 Å². The van der Waals surface area contributed by atoms with Crippen LogP contribution in [0.3, 0.4) is 0 Å². The standard InChI is InChI=1S/C25H30F5N7O3/c1-23(2,37-13-17(25(28,29)30)33-22(37)40)15-6-10-31-18(12-15)34-21(39)19(14-4-8-24(26,27)9-5-14)35-20(38)16-7-11-32-36(16)3/h6-7,10-12,14,17,19H,4-5,8-9,13H2,1-3H3,(H,33,40)(H,35,38)(H,31,34,39)/t17-,19-/m0/s1. The van der Waals surface area contributed by atoms with E-state index in [0.717, 1.165) is 4.90 Å². The average molecular weight is 572 g/mol. The first kappa shape index (κ1) is 29.2. The number of amides is 4. The van der Waals surface area contributed by atoms with Gasteiger partial charge in [-0.1, -0.05) is 0 Å². The summed E-state index contributed by atoms with van der Waals surface area (Å²) in [6, 6.07) is 0.294. The minimum Gasteiger partial charge on any atom is -0.339 e. The molecule has 218 valence electrons. The third-order valence-corrected chi connectivity index (χ3v) is 7.55. The van der Waals surface area contributed by atoms with E-state index in [1.54, 1.807) is 20.9 Å². The van der Waals surface area contributed by atoms with Crippen LogP contribution >= 0.6 is 0 Å². The van der Waals surface area contributed by atoms with Gasteiger partial charge in [-0.25, -0.2) is 18.6 Å². The molecule has 1 saturated heterocycles. The first-order valence-electron chi connectivity index (χ1n) is 12.7. The molecule has 1 saturated carbocycles. The molecule has 0 unspecified atom stereocenters. The Morgan fingerprint density at radius 3 is 2.40 bits per heavy atom. The molecule has 4 rings (SSSR count). The molecule has 1 aliphatic carbocycles. The fourth-order valence-corrected chi connectivity index (χ4v) is 5.05. The van der Waals surface area contributed by atoms with Crippen LogP contribution in [0.15, 0.2) is 30.6 Å². The Balaban J connectivity index is 1.54. The van der Waals surface area contributed by atoms with E-state index < -0.39 is 72.9 Å². The number of hydrogen-bond donors (Lipinski definition) is 3. The van der Waals surface area contributed by atoms with Gasteiger partial charge in [-0.15, -0.1) is 0 Å². The molecule has 2 fully saturated rings. The van der Waals surface area contributed by atoms with Crippen LogP contribution < -0.4 is 16.0 Å². The maximum Gasteiger partial charge on any atom is 0.410 e. The van der Waals surface area contributed by atoms with Crippen molar-refractivity contribution >= 4 is 23.7 Å². The lowest BCUT2D eigenvalue weighted by Gasteiger charge is -2.35. The molecule has 2 aliphatic rings. The zero-order valence-electron chi connectivity index (χ0n) is 22.1. The van der Waals surface area contributed by atoms with Gasteiger partial charge >= 0.3 is 12.2 Å². The summed E-state index contributed by atoms with van der Waals surface area (Å²) in [7, 11) is 1.54. The first-order chi connectivity index (χ1) is 18.6. The number of carbonyl (C=O) groups excluding carboxylic acids is 3. The molecule has 2 aromatic rings. The Morgan fingerprint density at radius 2 is 1.82 bits per heavy atom. The Labute approximate surface area is 226 Å². The molecule has 40 heavy (non-hydrogen) atoms. The van der Waals surface area contributed by atoms with E-state index in [4.69, 9.17) is 0 Å². The van der Waals surface area contributed by atoms with E-state index in [0.29, 0.717) is 5.56 Å². The van der Waals surface area contributed by atoms with Gasteiger partial charge in [0.2, 0.25) is 11.8 Å². The lowest BCUT2D eigenvalue weighted by molar-refractivity contribution is -0.150. The predicted molar refractivity (Wildman–Crippen MR) is 132 cm³/mol. The molecule has 0 radical (unpaired) electrons. The largest absolute Gasteiger partial charge is 0.410 e. The smallest absolute Gasteiger partial charge is 0.339 e. The van der Waals surface area contributed by atoms with Crippen molar-refractivity contribution in [2.24, 2.45) is 13.0 Å². The van der Waals surface area contributed by atoms with Crippen molar-refractivity contribution < 1.29 is 36.3 Å². The molecule has 0 spiro atoms. The van der Waals surface area contributed by atoms with Crippen molar-refractivity contribution in [2.75, 3.05) is 11.9 Å². The highest BCUT2D eigenvalue weighted by atomic mass is 19.4. The zero-order chi connectivity index (χ0) is 29.5. The summed E-state index contributed by atoms with van der Waals surface area (Å²) < 4.78 is 68.6. The fourth-order valence-electron chi connectivity index (χ4n) is 5.05. The molecule has 3 heterocycles. The SMILES string of the molecule is Cn1nccc1C(=O)N[C@H](C(=O)Nc1cc(C(C)(C)N2C[C@@H](C(F)(F)F)NC2=O)ccn1)C1CCC(F)(F)CC1. The summed E-state index contributed by atoms with van der Waals surface area (Å²) in [4.78, 5) is 43.8. The van der Waals surface area contributed by atoms with Crippen LogP contribution in [0.2, 0.25) is 0 Å². The topological polar surface area (TPSA) is 121 Å². The van der Waals surface area contributed by atoms with Gasteiger partial charge < -0.3 is 20.9 Å². The van der Waals surface area contributed by atoms with E-state index in [2.05, 4.69) is 20.7 Å². The van der Waals surface area contributed by atoms with E-state index in [1.807, 2.05) is 5.32 Å². The number of urea groups is 1. The second-order valence-electron chi connectivity index (χ2n) is 10.6. The lowest BCUT2D eigenvalue weighted by atomic mass is 9.81. The number of hydrogen-bond acceptors (Lipinski definition) is 5. The van der Waals surface area contributed by atoms with Gasteiger partial charge in [-0.3, -0.25) is 14.3 Å². The van der Waals surface area contributed by atoms with Gasteiger partial charge in [0.1, 0.15) is 23.6 Å². The van der Waals surface area contributed by atoms with Crippen LogP contribution in [0.25, 0.3) is 0 Å². The minimum atomic E-state index is -4.62. The normalized spacial score (nSPS) is 20.6. The van der Waals surface area contributed by atoms with Crippen LogP contribution in [0, 0.1) is 5.92 Å². The summed E-state index contributed by atoms with van der Waals surface area (Å²) in [6.45, 7) is 2.52. The van der Waals surface area contributed by atoms with Crippen molar-refractivity contribution in [3.63, 3.8) is 0 Å². The van der Waals surface area contributed by atoms with Crippen molar-refractivity contribution in [2.45, 2.75) is 69.3 Å². The molecule has 15 heteroatoms. The summed E-state index contributed by atoms with van der Waals surface area (Å²) in [5, 5.41) is 11.1. The van der Waals surface area contributed by atoms with Crippen LogP contribution in [-0.2, 0) is 17.4 Å². The van der Waals surface area contributed by atoms with Crippen LogP contribution in [0.4, 0.5) is 32.6 Å². The number of aromatic nitrogens is 3. The van der Waals surface area contributed by atoms with Gasteiger partial charge in [0.05, 0.1) is 12.1 Å². The van der Waals surface area contributed by atoms with Gasteiger partial charge in [-0.05, 0) is 56.4 Å². The van der Waals surface area contributed by atoms with Gasteiger partial charge in [0, 0.05) is 32.3 Å². The maximum atomic E-state index is 13.8. The zero-order valence-corrected chi connectivity index (χ0v) is 22.1. The van der Waals surface area contributed by atoms with Crippen LogP contribution in [0.5, 0.6) is 0 Å². The number of nitrogens with zero attached hydrogens (tertiary/aromatic N) is 4. The van der Waals surface area contributed by atoms with Crippen LogP contribution in [0.1, 0.15) is 55.6 Å². The monoisotopic (exact) mass is 571 g/mol. The molecule has 4 amide bonds. The molecular formula is C25H30F5N7O3. The molecule has 0 bridgehead atoms. The summed E-state index contributed by atoms with van der Waals surface area (Å²) in [6.07, 6.45) is -2.74. The quantitative estimate of drug-likeness (QED) is 0.439. The number of halogens is 5. The molecule has 2 atom stereocenters. The number of pyridine rings is 1. The molecular weight excluding hydrogens is 541 g/mol. The second-order valence-corrected chi connectivity index (χ2v) is 10.6. The highest BCUT2D eigenvalue weighted by Gasteiger charge is 2.50. The van der Waals surface area contributed by atoms with Gasteiger partial charge in [0.15, 0.2) is 0 Å². The minimum absolute atomic E-state index is 0.00168. The number of anilines is 1. The number of aryl methyl sites for hydroxylation is 1. The summed E-state index contributed by atoms with van der Waals surface area (Å²) in [5.41, 5.74) is -0.653. The molecule has 10 nitrogen and oxygen atoms in total. The van der Waals surface area contributed by atoms with Crippen molar-refractivity contribution in [1.82, 2.24) is 30.3 Å². The molecule has 3 N–H and O–H groups in total. The van der Waals surface area contributed by atoms with E-state index >= 15 is 0 Å². The number of alkyl halides is 5. The predicted octanol–water partition coefficient (Wildman–Crippen LogP) is 3.57. The van der Waals surface area contributed by atoms with E-state index in [1.165, 1.54) is 35.3 Å². The highest BCUT2D eigenvalue weighted by molar-refractivity contribution is 6.00. The average Bonchev–Trinajstić information content (AvgIpc) is 3.48. The highest BCUT2D eigenvalue weighted by Crippen LogP contribution is 2.38. The van der Waals surface area contributed by atoms with Gasteiger partial charge in [0.25, 0.3) is 5.91 Å². The number of rotatable bonds is 7. The maximum absolute atomic E-state index is 13.8. The Kier molecular flexibility index (Phi) is 7.78. The molecule has 1 aliphatic heterocycles. The lowest BCUT2D eigenvalue weighted by Crippen LogP contribution is -2.50. The number of nitrogens with one attached hydrogen (secondary N) is 3. The van der Waals surface area contributed by atoms with Crippen molar-refractivity contribution in [1.29, 1.82) is 0 Å².